The molecule has 5 N–H and O–H groups in total. The number of nitrogens with zero attached hydrogens (tertiary/aromatic N) is 1. The van der Waals surface area contributed by atoms with Crippen LogP contribution in [0.5, 0.6) is 57.5 Å². The van der Waals surface area contributed by atoms with Crippen molar-refractivity contribution in [1.82, 2.24) is 10.5 Å². The first-order valence-electron chi connectivity index (χ1n) is 33.9. The van der Waals surface area contributed by atoms with Crippen molar-refractivity contribution in [2.24, 2.45) is 0 Å². The first-order valence-corrected chi connectivity index (χ1v) is 33.9. The van der Waals surface area contributed by atoms with Crippen molar-refractivity contribution >= 4 is 84.9 Å². The van der Waals surface area contributed by atoms with E-state index in [1.165, 1.54) is 39.2 Å². The van der Waals surface area contributed by atoms with Crippen LogP contribution in [0.1, 0.15) is 65.6 Å². The SMILES string of the molecule is CC(=O)c1cc(O)cc2cc(-c3ccc(O)cc3)oc12.CNOC.COc1ccc(-c2cc3cc(OC)cc(C(=O)N(C)OC)c3o2)cc1.COc1ccc(-c2cc3cc(OC)cc(C(C)=O)c3o2)cc1.COc1ccc(-c2cc3cc(OC)cc(C=O)c3o2)cc1.O=Cc1cc(O)cc2cc(-c3ccc(O)cc3)oc12.[CH3-].[Li+]. The Kier molecular flexibility index (Phi) is 29.6. The zero-order valence-electron chi connectivity index (χ0n) is 64.4. The number of carbonyl (C=O) groups is 5. The second-order valence-electron chi connectivity index (χ2n) is 24.3. The van der Waals surface area contributed by atoms with Crippen molar-refractivity contribution < 1.29 is 123 Å². The molecule has 0 saturated carbocycles. The Morgan fingerprint density at radius 2 is 0.611 bits per heavy atom. The van der Waals surface area contributed by atoms with Gasteiger partial charge in [0, 0.05) is 68.8 Å². The Bertz CT molecular complexity index is 5760. The van der Waals surface area contributed by atoms with Crippen molar-refractivity contribution in [2.75, 3.05) is 71.0 Å². The van der Waals surface area contributed by atoms with Gasteiger partial charge in [-0.1, -0.05) is 0 Å². The Morgan fingerprint density at radius 1 is 0.345 bits per heavy atom. The van der Waals surface area contributed by atoms with E-state index in [1.54, 1.807) is 149 Å². The fourth-order valence-electron chi connectivity index (χ4n) is 11.4. The van der Waals surface area contributed by atoms with Crippen molar-refractivity contribution in [1.29, 1.82) is 0 Å². The van der Waals surface area contributed by atoms with Gasteiger partial charge in [0.1, 0.15) is 114 Å². The number of hydroxylamine groups is 3. The van der Waals surface area contributed by atoms with Crippen molar-refractivity contribution in [3.05, 3.63) is 248 Å². The molecule has 113 heavy (non-hydrogen) atoms. The number of amides is 1. The molecule has 0 aliphatic heterocycles. The number of benzene rings is 10. The molecular weight excluding hydrogens is 1440 g/mol. The molecule has 0 atom stereocenters. The van der Waals surface area contributed by atoms with Crippen LogP contribution in [0.2, 0.25) is 0 Å². The number of carbonyl (C=O) groups excluding carboxylic acids is 5. The molecule has 576 valence electrons. The maximum Gasteiger partial charge on any atom is 1.00 e. The van der Waals surface area contributed by atoms with Crippen LogP contribution in [0.4, 0.5) is 0 Å². The zero-order valence-corrected chi connectivity index (χ0v) is 64.4. The minimum Gasteiger partial charge on any atom is -0.508 e. The zero-order chi connectivity index (χ0) is 79.6. The second-order valence-corrected chi connectivity index (χ2v) is 24.3. The topological polar surface area (TPSA) is 321 Å². The summed E-state index contributed by atoms with van der Waals surface area (Å²) in [6.45, 7) is 2.95. The number of nitrogens with one attached hydrogen (secondary N) is 1. The summed E-state index contributed by atoms with van der Waals surface area (Å²) in [5.41, 5.74) is 11.3. The van der Waals surface area contributed by atoms with E-state index < -0.39 is 0 Å². The van der Waals surface area contributed by atoms with Gasteiger partial charge >= 0.3 is 18.9 Å². The van der Waals surface area contributed by atoms with Crippen LogP contribution in [0.25, 0.3) is 111 Å². The molecule has 0 bridgehead atoms. The molecule has 1 amide bonds. The Morgan fingerprint density at radius 3 is 0.929 bits per heavy atom. The van der Waals surface area contributed by atoms with Gasteiger partial charge < -0.3 is 83.2 Å². The molecule has 0 radical (unpaired) electrons. The van der Waals surface area contributed by atoms with Gasteiger partial charge in [-0.25, -0.2) is 10.5 Å². The molecule has 0 saturated heterocycles. The second kappa shape index (κ2) is 39.2. The number of ether oxygens (including phenoxy) is 6. The number of hydrogen-bond acceptors (Lipinski definition) is 23. The first kappa shape index (κ1) is 85.1. The fraction of sp³-hybridized carbons (Fsp3) is 0.136. The Hall–Kier alpha value is -13.5. The van der Waals surface area contributed by atoms with E-state index in [0.717, 1.165) is 72.6 Å². The Labute approximate surface area is 661 Å². The number of methoxy groups -OCH3 is 6. The third kappa shape index (κ3) is 20.5. The molecule has 10 aromatic carbocycles. The van der Waals surface area contributed by atoms with Gasteiger partial charge in [0.15, 0.2) is 24.1 Å². The van der Waals surface area contributed by atoms with E-state index in [4.69, 9.17) is 55.3 Å². The fourth-order valence-corrected chi connectivity index (χ4v) is 11.4. The number of rotatable bonds is 18. The molecule has 5 aromatic heterocycles. The largest absolute Gasteiger partial charge is 1.00 e. The minimum absolute atomic E-state index is 0. The Balaban J connectivity index is 0.000000174. The number of aldehydes is 2. The average molecular weight is 1530 g/mol. The standard InChI is InChI=1S/C19H19NO5.C18H16O4.C17H14O4.C16H12O4.C15H10O4.C2H7NO.CH3.Li/c1-20(24-4)19(21)16-11-15(23-3)9-13-10-17(25-18(13)16)12-5-7-14(22-2)8-6-12;1-11(19)16-10-15(21-3)8-13-9-17(22-18(13)16)12-4-6-14(20-2)7-5-12;1-19-14-5-3-11(4-6-14)16-9-12-7-15(20-2)8-13(10-18)17(12)21-16;1-9(17)14-8-13(19)6-11-7-15(20-16(11)14)10-2-4-12(18)5-3-10;16-8-11-6-13(18)5-10-7-14(19-15(10)11)9-1-3-12(17)4-2-9;1-3-4-2;;/h5-11H,1-4H3;4-10H,1-3H3;3-10H,1-2H3;2-8,18-19H,1H3;1-8,17-18H;3H,1-2H3;1H3;/q;;;;;;-1;+1. The average Bonchev–Trinajstić information content (AvgIpc) is 1.64. The maximum absolute atomic E-state index is 12.6. The molecule has 0 aliphatic rings. The smallest absolute Gasteiger partial charge is 0.508 e. The van der Waals surface area contributed by atoms with Gasteiger partial charge in [0.25, 0.3) is 5.91 Å². The predicted octanol–water partition coefficient (Wildman–Crippen LogP) is 16.3. The van der Waals surface area contributed by atoms with E-state index in [-0.39, 0.29) is 66.8 Å². The third-order valence-corrected chi connectivity index (χ3v) is 17.2. The minimum atomic E-state index is -0.318. The summed E-state index contributed by atoms with van der Waals surface area (Å²) < 4.78 is 60.3. The first-order chi connectivity index (χ1) is 53.6. The molecule has 0 spiro atoms. The number of aromatic hydroxyl groups is 4. The summed E-state index contributed by atoms with van der Waals surface area (Å²) in [6.07, 6.45) is 1.41. The van der Waals surface area contributed by atoms with E-state index in [1.807, 2.05) is 109 Å². The number of Topliss-reactive ketones (excluding diaryl/α,β-unsaturated/α-hetero) is 2. The van der Waals surface area contributed by atoms with Crippen LogP contribution in [-0.2, 0) is 9.68 Å². The van der Waals surface area contributed by atoms with Gasteiger partial charge in [-0.2, -0.15) is 0 Å². The summed E-state index contributed by atoms with van der Waals surface area (Å²) in [5.74, 6) is 7.23. The quantitative estimate of drug-likeness (QED) is 0.0175. The van der Waals surface area contributed by atoms with Crippen LogP contribution in [0.15, 0.2) is 234 Å². The molecule has 15 rings (SSSR count). The molecular formula is C88H81LiN2O22. The number of phenols is 4. The number of furan rings is 5. The maximum atomic E-state index is 12.6. The molecule has 15 aromatic rings. The molecule has 0 fully saturated rings. The van der Waals surface area contributed by atoms with Gasteiger partial charge in [0.2, 0.25) is 0 Å². The molecule has 0 unspecified atom stereocenters. The van der Waals surface area contributed by atoms with Crippen LogP contribution < -0.4 is 52.8 Å². The number of fused-ring (bicyclic) bond motifs is 5. The summed E-state index contributed by atoms with van der Waals surface area (Å²) >= 11 is 0. The van der Waals surface area contributed by atoms with Crippen molar-refractivity contribution in [3.63, 3.8) is 0 Å². The molecule has 0 aliphatic carbocycles. The molecule has 25 heteroatoms. The summed E-state index contributed by atoms with van der Waals surface area (Å²) in [4.78, 5) is 67.4. The summed E-state index contributed by atoms with van der Waals surface area (Å²) in [5, 5.41) is 42.6. The van der Waals surface area contributed by atoms with Gasteiger partial charge in [-0.15, -0.1) is 0 Å². The molecule has 24 nitrogen and oxygen atoms in total. The van der Waals surface area contributed by atoms with Crippen molar-refractivity contribution in [2.45, 2.75) is 13.8 Å². The van der Waals surface area contributed by atoms with Crippen LogP contribution in [0.3, 0.4) is 0 Å². The van der Waals surface area contributed by atoms with Crippen molar-refractivity contribution in [3.8, 4) is 114 Å². The van der Waals surface area contributed by atoms with E-state index in [2.05, 4.69) is 10.3 Å². The number of ketones is 2. The van der Waals surface area contributed by atoms with Crippen LogP contribution in [-0.4, -0.2) is 127 Å². The monoisotopic (exact) mass is 1520 g/mol. The van der Waals surface area contributed by atoms with Gasteiger partial charge in [0.05, 0.1) is 84.7 Å². The van der Waals surface area contributed by atoms with Gasteiger partial charge in [-0.3, -0.25) is 28.8 Å². The predicted molar refractivity (Wildman–Crippen MR) is 427 cm³/mol. The van der Waals surface area contributed by atoms with E-state index in [9.17, 15) is 44.4 Å². The number of hydrogen-bond donors (Lipinski definition) is 5. The van der Waals surface area contributed by atoms with E-state index >= 15 is 0 Å². The molecule has 5 heterocycles. The van der Waals surface area contributed by atoms with Crippen LogP contribution in [0, 0.1) is 7.43 Å². The van der Waals surface area contributed by atoms with Gasteiger partial charge in [-0.05, 0) is 226 Å². The summed E-state index contributed by atoms with van der Waals surface area (Å²) in [6, 6.07) is 61.3. The summed E-state index contributed by atoms with van der Waals surface area (Å²) in [7, 11) is 15.8. The third-order valence-electron chi connectivity index (χ3n) is 17.2. The number of phenolic OH excluding ortho intramolecular Hbond substituents is 4. The van der Waals surface area contributed by atoms with E-state index in [0.29, 0.717) is 119 Å². The normalized spacial score (nSPS) is 10.4. The van der Waals surface area contributed by atoms with Crippen LogP contribution >= 0.6 is 0 Å².